The summed E-state index contributed by atoms with van der Waals surface area (Å²) < 4.78 is 65.7. The van der Waals surface area contributed by atoms with Crippen LogP contribution in [0.3, 0.4) is 0 Å². The number of carbonyl (C=O) groups excluding carboxylic acids is 2. The Morgan fingerprint density at radius 3 is 2.21 bits per heavy atom. The Morgan fingerprint density at radius 2 is 1.69 bits per heavy atom. The minimum Gasteiger partial charge on any atom is -0.449 e. The van der Waals surface area contributed by atoms with Gasteiger partial charge in [0.15, 0.2) is 6.10 Å². The molecule has 2 rings (SSSR count). The van der Waals surface area contributed by atoms with Gasteiger partial charge in [0.25, 0.3) is 5.91 Å². The largest absolute Gasteiger partial charge is 0.449 e. The van der Waals surface area contributed by atoms with Crippen molar-refractivity contribution in [3.63, 3.8) is 0 Å². The minimum absolute atomic E-state index is 0.0812. The van der Waals surface area contributed by atoms with Crippen LogP contribution in [0.4, 0.5) is 18.9 Å². The van der Waals surface area contributed by atoms with Crippen LogP contribution in [-0.4, -0.2) is 26.4 Å². The summed E-state index contributed by atoms with van der Waals surface area (Å²) in [6.07, 6.45) is -5.81. The number of primary sulfonamides is 1. The fourth-order valence-corrected chi connectivity index (χ4v) is 3.11. The Labute approximate surface area is 164 Å². The van der Waals surface area contributed by atoms with Crippen LogP contribution in [0.5, 0.6) is 0 Å². The van der Waals surface area contributed by atoms with Crippen molar-refractivity contribution in [2.75, 3.05) is 5.32 Å². The molecule has 2 aromatic rings. The van der Waals surface area contributed by atoms with Gasteiger partial charge in [0.05, 0.1) is 16.0 Å². The van der Waals surface area contributed by atoms with Crippen LogP contribution >= 0.6 is 0 Å². The number of ether oxygens (including phenoxy) is 1. The molecule has 0 heterocycles. The molecule has 11 heteroatoms. The van der Waals surface area contributed by atoms with Gasteiger partial charge in [-0.25, -0.2) is 18.4 Å². The van der Waals surface area contributed by atoms with E-state index in [2.05, 4.69) is 5.32 Å². The third-order valence-corrected chi connectivity index (χ3v) is 4.92. The number of aryl methyl sites for hydroxylation is 1. The lowest BCUT2D eigenvalue weighted by atomic mass is 10.1. The van der Waals surface area contributed by atoms with Crippen LogP contribution in [0.25, 0.3) is 0 Å². The Kier molecular flexibility index (Phi) is 6.34. The molecule has 0 radical (unpaired) electrons. The van der Waals surface area contributed by atoms with Crippen LogP contribution in [0.1, 0.15) is 28.4 Å². The van der Waals surface area contributed by atoms with Gasteiger partial charge in [-0.15, -0.1) is 0 Å². The number of nitrogens with two attached hydrogens (primary N) is 1. The predicted molar refractivity (Wildman–Crippen MR) is 97.5 cm³/mol. The van der Waals surface area contributed by atoms with E-state index in [1.54, 1.807) is 0 Å². The maximum atomic E-state index is 12.6. The first kappa shape index (κ1) is 22.4. The quantitative estimate of drug-likeness (QED) is 0.708. The van der Waals surface area contributed by atoms with Crippen LogP contribution in [0, 0.1) is 6.92 Å². The number of amides is 1. The molecule has 0 aromatic heterocycles. The second-order valence-electron chi connectivity index (χ2n) is 6.14. The molecule has 1 amide bonds. The van der Waals surface area contributed by atoms with Gasteiger partial charge in [-0.2, -0.15) is 13.2 Å². The highest BCUT2D eigenvalue weighted by atomic mass is 32.2. The molecule has 7 nitrogen and oxygen atoms in total. The number of rotatable bonds is 5. The lowest BCUT2D eigenvalue weighted by Gasteiger charge is -2.15. The average Bonchev–Trinajstić information content (AvgIpc) is 2.60. The second kappa shape index (κ2) is 8.21. The van der Waals surface area contributed by atoms with E-state index in [1.807, 2.05) is 0 Å². The molecule has 0 aliphatic heterocycles. The molecule has 0 fully saturated rings. The highest BCUT2D eigenvalue weighted by molar-refractivity contribution is 7.89. The number of nitrogens with one attached hydrogen (secondary N) is 1. The van der Waals surface area contributed by atoms with Gasteiger partial charge in [-0.05, 0) is 55.8 Å². The molecule has 2 aromatic carbocycles. The Bertz CT molecular complexity index is 1030. The second-order valence-corrected chi connectivity index (χ2v) is 7.67. The molecule has 0 saturated heterocycles. The fraction of sp³-hybridized carbons (Fsp3) is 0.222. The number of benzene rings is 2. The molecule has 1 atom stereocenters. The van der Waals surface area contributed by atoms with Gasteiger partial charge in [-0.1, -0.05) is 6.07 Å². The zero-order chi connectivity index (χ0) is 22.0. The molecule has 156 valence electrons. The number of esters is 1. The third kappa shape index (κ3) is 5.78. The summed E-state index contributed by atoms with van der Waals surface area (Å²) >= 11 is 0. The molecule has 1 unspecified atom stereocenters. The van der Waals surface area contributed by atoms with E-state index in [0.717, 1.165) is 30.3 Å². The van der Waals surface area contributed by atoms with Crippen molar-refractivity contribution < 1.29 is 35.9 Å². The van der Waals surface area contributed by atoms with Gasteiger partial charge in [-0.3, -0.25) is 4.79 Å². The smallest absolute Gasteiger partial charge is 0.416 e. The molecule has 0 bridgehead atoms. The summed E-state index contributed by atoms with van der Waals surface area (Å²) in [5.74, 6) is -1.75. The van der Waals surface area contributed by atoms with E-state index in [-0.39, 0.29) is 16.1 Å². The molecule has 29 heavy (non-hydrogen) atoms. The lowest BCUT2D eigenvalue weighted by Crippen LogP contribution is -2.30. The van der Waals surface area contributed by atoms with Crippen molar-refractivity contribution >= 4 is 27.6 Å². The summed E-state index contributed by atoms with van der Waals surface area (Å²) in [6.45, 7) is 2.75. The number of anilines is 1. The number of alkyl halides is 3. The number of hydrogen-bond acceptors (Lipinski definition) is 5. The monoisotopic (exact) mass is 430 g/mol. The normalized spacial score (nSPS) is 12.9. The van der Waals surface area contributed by atoms with Gasteiger partial charge in [0.2, 0.25) is 10.0 Å². The molecule has 3 N–H and O–H groups in total. The molecule has 0 aliphatic carbocycles. The summed E-state index contributed by atoms with van der Waals surface area (Å²) in [4.78, 5) is 24.1. The summed E-state index contributed by atoms with van der Waals surface area (Å²) in [5, 5.41) is 7.41. The van der Waals surface area contributed by atoms with Crippen molar-refractivity contribution in [1.82, 2.24) is 0 Å². The fourth-order valence-electron chi connectivity index (χ4n) is 2.30. The van der Waals surface area contributed by atoms with E-state index in [0.29, 0.717) is 5.56 Å². The zero-order valence-electron chi connectivity index (χ0n) is 15.3. The first-order valence-electron chi connectivity index (χ1n) is 8.11. The van der Waals surface area contributed by atoms with Gasteiger partial charge < -0.3 is 10.1 Å². The van der Waals surface area contributed by atoms with Crippen LogP contribution in [0.2, 0.25) is 0 Å². The van der Waals surface area contributed by atoms with Crippen LogP contribution in [-0.2, 0) is 25.7 Å². The van der Waals surface area contributed by atoms with E-state index in [9.17, 15) is 31.2 Å². The van der Waals surface area contributed by atoms with Crippen molar-refractivity contribution in [1.29, 1.82) is 0 Å². The van der Waals surface area contributed by atoms with Crippen molar-refractivity contribution in [2.45, 2.75) is 31.0 Å². The molecule has 0 spiro atoms. The highest BCUT2D eigenvalue weighted by Gasteiger charge is 2.30. The zero-order valence-corrected chi connectivity index (χ0v) is 16.1. The van der Waals surface area contributed by atoms with Crippen molar-refractivity contribution in [2.24, 2.45) is 5.14 Å². The van der Waals surface area contributed by atoms with Crippen molar-refractivity contribution in [3.05, 3.63) is 59.2 Å². The van der Waals surface area contributed by atoms with E-state index >= 15 is 0 Å². The SMILES string of the molecule is Cc1ccc(C(=O)OC(C)C(=O)Nc2ccc(C(F)(F)F)cc2)cc1S(N)(=O)=O. The Hall–Kier alpha value is -2.92. The van der Waals surface area contributed by atoms with E-state index < -0.39 is 39.7 Å². The van der Waals surface area contributed by atoms with Gasteiger partial charge >= 0.3 is 12.1 Å². The van der Waals surface area contributed by atoms with E-state index in [4.69, 9.17) is 9.88 Å². The first-order chi connectivity index (χ1) is 13.3. The highest BCUT2D eigenvalue weighted by Crippen LogP contribution is 2.29. The van der Waals surface area contributed by atoms with Gasteiger partial charge in [0.1, 0.15) is 0 Å². The predicted octanol–water partition coefficient (Wildman–Crippen LogP) is 2.85. The molecular formula is C18H17F3N2O5S. The maximum absolute atomic E-state index is 12.6. The minimum atomic E-state index is -4.50. The molecular weight excluding hydrogens is 413 g/mol. The molecule has 0 saturated carbocycles. The van der Waals surface area contributed by atoms with Crippen molar-refractivity contribution in [3.8, 4) is 0 Å². The van der Waals surface area contributed by atoms with Crippen LogP contribution < -0.4 is 10.5 Å². The number of carbonyl (C=O) groups is 2. The summed E-state index contributed by atoms with van der Waals surface area (Å²) in [7, 11) is -4.06. The topological polar surface area (TPSA) is 116 Å². The standard InChI is InChI=1S/C18H17F3N2O5S/c1-10-3-4-12(9-15(10)29(22,26)27)17(25)28-11(2)16(24)23-14-7-5-13(6-8-14)18(19,20)21/h3-9,11H,1-2H3,(H,23,24)(H2,22,26,27). The Morgan fingerprint density at radius 1 is 1.10 bits per heavy atom. The summed E-state index contributed by atoms with van der Waals surface area (Å²) in [5.41, 5.74) is -0.594. The third-order valence-electron chi connectivity index (χ3n) is 3.86. The lowest BCUT2D eigenvalue weighted by molar-refractivity contribution is -0.137. The number of sulfonamides is 1. The van der Waals surface area contributed by atoms with Crippen LogP contribution in [0.15, 0.2) is 47.4 Å². The van der Waals surface area contributed by atoms with Gasteiger partial charge in [0, 0.05) is 5.69 Å². The molecule has 0 aliphatic rings. The Balaban J connectivity index is 2.07. The number of hydrogen-bond donors (Lipinski definition) is 2. The first-order valence-corrected chi connectivity index (χ1v) is 9.66. The number of halogens is 3. The average molecular weight is 430 g/mol. The maximum Gasteiger partial charge on any atom is 0.416 e. The summed E-state index contributed by atoms with van der Waals surface area (Å²) in [6, 6.07) is 7.44. The van der Waals surface area contributed by atoms with E-state index in [1.165, 1.54) is 26.0 Å².